The maximum atomic E-state index is 11.9. The molecule has 0 aliphatic carbocycles. The minimum atomic E-state index is -0.407. The average molecular weight is 385 g/mol. The average Bonchev–Trinajstić information content (AvgIpc) is 2.68. The predicted molar refractivity (Wildman–Crippen MR) is 107 cm³/mol. The van der Waals surface area contributed by atoms with Crippen molar-refractivity contribution < 1.29 is 19.1 Å². The minimum absolute atomic E-state index is 0.166. The molecular weight excluding hydrogens is 358 g/mol. The Kier molecular flexibility index (Phi) is 6.84. The Labute approximate surface area is 165 Å². The number of nitrogens with one attached hydrogen (secondary N) is 2. The molecule has 0 bridgehead atoms. The van der Waals surface area contributed by atoms with Crippen molar-refractivity contribution in [3.63, 3.8) is 0 Å². The normalized spacial score (nSPS) is 19.9. The van der Waals surface area contributed by atoms with Crippen LogP contribution in [-0.4, -0.2) is 55.2 Å². The topological polar surface area (TPSA) is 79.9 Å². The molecule has 1 heterocycles. The first-order chi connectivity index (χ1) is 13.5. The van der Waals surface area contributed by atoms with Crippen LogP contribution < -0.4 is 15.6 Å². The number of nitrogens with zero attached hydrogens (tertiary/aromatic N) is 1. The standard InChI is InChI=1S/C21H27N3O4/c1-15-12-24(13-16(2)28-15)10-9-20(25)22-23-21(26)14-27-19-8-7-17-5-3-4-6-18(17)11-19/h3-8,11,15-16H,9-10,12-14H2,1-2H3,(H,22,25)(H,23,26)/t15-,16+. The van der Waals surface area contributed by atoms with Crippen LogP contribution in [-0.2, 0) is 14.3 Å². The fourth-order valence-corrected chi connectivity index (χ4v) is 3.37. The number of carbonyl (C=O) groups excluding carboxylic acids is 2. The van der Waals surface area contributed by atoms with Crippen LogP contribution in [0, 0.1) is 0 Å². The van der Waals surface area contributed by atoms with Crippen LogP contribution >= 0.6 is 0 Å². The fraction of sp³-hybridized carbons (Fsp3) is 0.429. The zero-order valence-corrected chi connectivity index (χ0v) is 16.3. The Balaban J connectivity index is 1.36. The zero-order chi connectivity index (χ0) is 19.9. The number of hydrogen-bond acceptors (Lipinski definition) is 5. The van der Waals surface area contributed by atoms with Gasteiger partial charge in [-0.3, -0.25) is 25.3 Å². The van der Waals surface area contributed by atoms with Crippen LogP contribution in [0.5, 0.6) is 5.75 Å². The van der Waals surface area contributed by atoms with Gasteiger partial charge in [-0.1, -0.05) is 30.3 Å². The van der Waals surface area contributed by atoms with Gasteiger partial charge in [0.1, 0.15) is 5.75 Å². The van der Waals surface area contributed by atoms with Crippen molar-refractivity contribution in [2.75, 3.05) is 26.2 Å². The summed E-state index contributed by atoms with van der Waals surface area (Å²) in [6, 6.07) is 13.6. The van der Waals surface area contributed by atoms with Gasteiger partial charge in [-0.15, -0.1) is 0 Å². The van der Waals surface area contributed by atoms with Gasteiger partial charge in [-0.2, -0.15) is 0 Å². The Bertz CT molecular complexity index is 816. The van der Waals surface area contributed by atoms with Gasteiger partial charge >= 0.3 is 0 Å². The van der Waals surface area contributed by atoms with Crippen LogP contribution in [0.3, 0.4) is 0 Å². The molecule has 0 unspecified atom stereocenters. The Morgan fingerprint density at radius 3 is 2.46 bits per heavy atom. The minimum Gasteiger partial charge on any atom is -0.484 e. The Hall–Kier alpha value is -2.64. The molecule has 2 amide bonds. The van der Waals surface area contributed by atoms with Gasteiger partial charge in [0, 0.05) is 26.1 Å². The van der Waals surface area contributed by atoms with Crippen LogP contribution in [0.2, 0.25) is 0 Å². The number of rotatable bonds is 6. The van der Waals surface area contributed by atoms with E-state index in [1.54, 1.807) is 0 Å². The first-order valence-corrected chi connectivity index (χ1v) is 9.56. The molecule has 0 spiro atoms. The third kappa shape index (κ3) is 5.94. The molecular formula is C21H27N3O4. The van der Waals surface area contributed by atoms with Crippen molar-refractivity contribution >= 4 is 22.6 Å². The second-order valence-corrected chi connectivity index (χ2v) is 7.16. The molecule has 7 nitrogen and oxygen atoms in total. The van der Waals surface area contributed by atoms with Gasteiger partial charge in [-0.25, -0.2) is 0 Å². The lowest BCUT2D eigenvalue weighted by Gasteiger charge is -2.35. The van der Waals surface area contributed by atoms with Crippen molar-refractivity contribution in [3.8, 4) is 5.75 Å². The summed E-state index contributed by atoms with van der Waals surface area (Å²) < 4.78 is 11.2. The van der Waals surface area contributed by atoms with E-state index >= 15 is 0 Å². The summed E-state index contributed by atoms with van der Waals surface area (Å²) >= 11 is 0. The lowest BCUT2D eigenvalue weighted by molar-refractivity contribution is -0.130. The quantitative estimate of drug-likeness (QED) is 0.742. The van der Waals surface area contributed by atoms with E-state index in [2.05, 4.69) is 15.8 Å². The molecule has 2 atom stereocenters. The highest BCUT2D eigenvalue weighted by Crippen LogP contribution is 2.20. The molecule has 1 fully saturated rings. The molecule has 0 radical (unpaired) electrons. The van der Waals surface area contributed by atoms with Gasteiger partial charge in [0.05, 0.1) is 12.2 Å². The highest BCUT2D eigenvalue weighted by Gasteiger charge is 2.22. The Morgan fingerprint density at radius 2 is 1.71 bits per heavy atom. The van der Waals surface area contributed by atoms with Gasteiger partial charge in [0.15, 0.2) is 6.61 Å². The third-order valence-corrected chi connectivity index (χ3v) is 4.58. The van der Waals surface area contributed by atoms with E-state index in [-0.39, 0.29) is 24.7 Å². The lowest BCUT2D eigenvalue weighted by Crippen LogP contribution is -2.48. The second-order valence-electron chi connectivity index (χ2n) is 7.16. The van der Waals surface area contributed by atoms with Gasteiger partial charge in [0.2, 0.25) is 5.91 Å². The maximum Gasteiger partial charge on any atom is 0.276 e. The van der Waals surface area contributed by atoms with Crippen LogP contribution in [0.25, 0.3) is 10.8 Å². The largest absolute Gasteiger partial charge is 0.484 e. The molecule has 3 rings (SSSR count). The SMILES string of the molecule is C[C@@H]1CN(CCC(=O)NNC(=O)COc2ccc3ccccc3c2)C[C@H](C)O1. The highest BCUT2D eigenvalue weighted by atomic mass is 16.5. The molecule has 7 heteroatoms. The highest BCUT2D eigenvalue weighted by molar-refractivity contribution is 5.84. The van der Waals surface area contributed by atoms with Crippen molar-refractivity contribution in [3.05, 3.63) is 42.5 Å². The van der Waals surface area contributed by atoms with Crippen LogP contribution in [0.15, 0.2) is 42.5 Å². The van der Waals surface area contributed by atoms with E-state index in [1.165, 1.54) is 0 Å². The Morgan fingerprint density at radius 1 is 1.04 bits per heavy atom. The van der Waals surface area contributed by atoms with E-state index < -0.39 is 5.91 Å². The number of benzene rings is 2. The number of carbonyl (C=O) groups is 2. The molecule has 1 aliphatic heterocycles. The number of fused-ring (bicyclic) bond motifs is 1. The van der Waals surface area contributed by atoms with Gasteiger partial charge < -0.3 is 9.47 Å². The molecule has 2 aromatic carbocycles. The van der Waals surface area contributed by atoms with Crippen LogP contribution in [0.4, 0.5) is 0 Å². The summed E-state index contributed by atoms with van der Waals surface area (Å²) in [4.78, 5) is 26.0. The molecule has 0 aromatic heterocycles. The van der Waals surface area contributed by atoms with Crippen molar-refractivity contribution in [2.45, 2.75) is 32.5 Å². The molecule has 150 valence electrons. The lowest BCUT2D eigenvalue weighted by atomic mass is 10.1. The number of morpholine rings is 1. The second kappa shape index (κ2) is 9.52. The molecule has 2 N–H and O–H groups in total. The maximum absolute atomic E-state index is 11.9. The first-order valence-electron chi connectivity index (χ1n) is 9.56. The van der Waals surface area contributed by atoms with E-state index in [1.807, 2.05) is 56.3 Å². The number of hydrogen-bond donors (Lipinski definition) is 2. The number of ether oxygens (including phenoxy) is 2. The van der Waals surface area contributed by atoms with Gasteiger partial charge in [-0.05, 0) is 36.8 Å². The summed E-state index contributed by atoms with van der Waals surface area (Å²) in [6.45, 7) is 6.13. The molecule has 1 saturated heterocycles. The van der Waals surface area contributed by atoms with E-state index in [4.69, 9.17) is 9.47 Å². The predicted octanol–water partition coefficient (Wildman–Crippen LogP) is 1.87. The molecule has 28 heavy (non-hydrogen) atoms. The first kappa shape index (κ1) is 20.1. The molecule has 1 aliphatic rings. The smallest absolute Gasteiger partial charge is 0.276 e. The van der Waals surface area contributed by atoms with E-state index in [9.17, 15) is 9.59 Å². The summed E-state index contributed by atoms with van der Waals surface area (Å²) in [5.41, 5.74) is 4.82. The summed E-state index contributed by atoms with van der Waals surface area (Å²) in [5.74, 6) is -0.0308. The molecule has 0 saturated carbocycles. The number of amides is 2. The van der Waals surface area contributed by atoms with E-state index in [0.717, 1.165) is 23.9 Å². The van der Waals surface area contributed by atoms with Crippen LogP contribution in [0.1, 0.15) is 20.3 Å². The molecule has 2 aromatic rings. The summed E-state index contributed by atoms with van der Waals surface area (Å²) in [6.07, 6.45) is 0.642. The van der Waals surface area contributed by atoms with Gasteiger partial charge in [0.25, 0.3) is 5.91 Å². The van der Waals surface area contributed by atoms with E-state index in [0.29, 0.717) is 18.7 Å². The third-order valence-electron chi connectivity index (χ3n) is 4.58. The monoisotopic (exact) mass is 385 g/mol. The number of hydrazine groups is 1. The zero-order valence-electron chi connectivity index (χ0n) is 16.3. The summed E-state index contributed by atoms with van der Waals surface area (Å²) in [5, 5.41) is 2.15. The van der Waals surface area contributed by atoms with Crippen molar-refractivity contribution in [1.29, 1.82) is 0 Å². The van der Waals surface area contributed by atoms with Crippen molar-refractivity contribution in [1.82, 2.24) is 15.8 Å². The van der Waals surface area contributed by atoms with Crippen molar-refractivity contribution in [2.24, 2.45) is 0 Å². The summed E-state index contributed by atoms with van der Waals surface area (Å²) in [7, 11) is 0. The fourth-order valence-electron chi connectivity index (χ4n) is 3.37.